The third-order valence-corrected chi connectivity index (χ3v) is 4.12. The van der Waals surface area contributed by atoms with Gasteiger partial charge in [-0.25, -0.2) is 0 Å². The van der Waals surface area contributed by atoms with Crippen LogP contribution in [0.5, 0.6) is 0 Å². The van der Waals surface area contributed by atoms with Gasteiger partial charge in [0.2, 0.25) is 0 Å². The molecule has 1 aromatic carbocycles. The number of fused-ring (bicyclic) bond motifs is 1. The Labute approximate surface area is 119 Å². The predicted molar refractivity (Wildman–Crippen MR) is 75.9 cm³/mol. The number of aromatic nitrogens is 1. The summed E-state index contributed by atoms with van der Waals surface area (Å²) in [5.74, 6) is -0.968. The number of nitrogens with zero attached hydrogens (tertiary/aromatic N) is 2. The summed E-state index contributed by atoms with van der Waals surface area (Å²) in [5.41, 5.74) is 0.535. The van der Waals surface area contributed by atoms with Crippen molar-refractivity contribution in [2.24, 2.45) is 5.92 Å². The van der Waals surface area contributed by atoms with Crippen molar-refractivity contribution in [3.05, 3.63) is 40.6 Å². The highest BCUT2D eigenvalue weighted by Gasteiger charge is 2.17. The maximum atomic E-state index is 11.0. The standard InChI is InChI=1S/C13H12N2O4S/c1-8(13(16)17)7-20-11-5-4-10(15(18)19)9-3-2-6-14-12(9)11/h2-6,8H,7H2,1H3,(H,16,17). The van der Waals surface area contributed by atoms with Crippen molar-refractivity contribution in [2.45, 2.75) is 11.8 Å². The number of thioether (sulfide) groups is 1. The van der Waals surface area contributed by atoms with Gasteiger partial charge >= 0.3 is 5.97 Å². The van der Waals surface area contributed by atoms with E-state index in [4.69, 9.17) is 5.11 Å². The number of carboxylic acids is 1. The van der Waals surface area contributed by atoms with Crippen LogP contribution in [0.3, 0.4) is 0 Å². The smallest absolute Gasteiger partial charge is 0.307 e. The Hall–Kier alpha value is -2.15. The molecule has 0 amide bonds. The van der Waals surface area contributed by atoms with Gasteiger partial charge in [0.25, 0.3) is 5.69 Å². The zero-order valence-corrected chi connectivity index (χ0v) is 11.5. The van der Waals surface area contributed by atoms with E-state index in [2.05, 4.69) is 4.98 Å². The van der Waals surface area contributed by atoms with Gasteiger partial charge in [-0.15, -0.1) is 11.8 Å². The molecular formula is C13H12N2O4S. The highest BCUT2D eigenvalue weighted by molar-refractivity contribution is 7.99. The molecule has 104 valence electrons. The minimum absolute atomic E-state index is 0.00346. The first-order valence-corrected chi connectivity index (χ1v) is 6.87. The minimum atomic E-state index is -0.864. The number of benzene rings is 1. The number of nitro groups is 1. The van der Waals surface area contributed by atoms with Crippen LogP contribution in [0.25, 0.3) is 10.9 Å². The number of nitro benzene ring substituents is 1. The van der Waals surface area contributed by atoms with Crippen LogP contribution in [-0.4, -0.2) is 26.7 Å². The molecule has 0 aliphatic rings. The second-order valence-corrected chi connectivity index (χ2v) is 5.35. The SMILES string of the molecule is CC(CSc1ccc([N+](=O)[O-])c2cccnc12)C(=O)O. The summed E-state index contributed by atoms with van der Waals surface area (Å²) in [6.45, 7) is 1.62. The summed E-state index contributed by atoms with van der Waals surface area (Å²) in [6, 6.07) is 6.33. The van der Waals surface area contributed by atoms with Gasteiger partial charge in [0.1, 0.15) is 0 Å². The molecule has 0 bridgehead atoms. The summed E-state index contributed by atoms with van der Waals surface area (Å²) >= 11 is 1.34. The van der Waals surface area contributed by atoms with E-state index < -0.39 is 16.8 Å². The van der Waals surface area contributed by atoms with Crippen molar-refractivity contribution >= 4 is 34.3 Å². The van der Waals surface area contributed by atoms with Crippen LogP contribution in [0, 0.1) is 16.0 Å². The predicted octanol–water partition coefficient (Wildman–Crippen LogP) is 2.96. The molecule has 1 unspecified atom stereocenters. The lowest BCUT2D eigenvalue weighted by molar-refractivity contribution is -0.383. The zero-order chi connectivity index (χ0) is 14.7. The summed E-state index contributed by atoms with van der Waals surface area (Å²) in [6.07, 6.45) is 1.57. The molecule has 0 radical (unpaired) electrons. The molecule has 2 rings (SSSR count). The normalized spacial score (nSPS) is 12.2. The van der Waals surface area contributed by atoms with Crippen LogP contribution in [0.2, 0.25) is 0 Å². The molecule has 0 aliphatic carbocycles. The van der Waals surface area contributed by atoms with E-state index in [1.54, 1.807) is 31.3 Å². The number of carboxylic acid groups (broad SMARTS) is 1. The highest BCUT2D eigenvalue weighted by atomic mass is 32.2. The second-order valence-electron chi connectivity index (χ2n) is 4.29. The van der Waals surface area contributed by atoms with Gasteiger partial charge in [0, 0.05) is 22.9 Å². The quantitative estimate of drug-likeness (QED) is 0.517. The van der Waals surface area contributed by atoms with E-state index in [1.807, 2.05) is 0 Å². The molecule has 0 fully saturated rings. The van der Waals surface area contributed by atoms with E-state index >= 15 is 0 Å². The fourth-order valence-electron chi connectivity index (χ4n) is 1.69. The Balaban J connectivity index is 2.38. The molecule has 1 heterocycles. The number of non-ortho nitro benzene ring substituents is 1. The number of pyridine rings is 1. The number of rotatable bonds is 5. The number of aliphatic carboxylic acids is 1. The van der Waals surface area contributed by atoms with Gasteiger partial charge in [-0.2, -0.15) is 0 Å². The first kappa shape index (κ1) is 14.3. The van der Waals surface area contributed by atoms with Crippen LogP contribution in [0.15, 0.2) is 35.4 Å². The lowest BCUT2D eigenvalue weighted by Gasteiger charge is -2.08. The molecule has 6 nitrogen and oxygen atoms in total. The van der Waals surface area contributed by atoms with Gasteiger partial charge in [-0.05, 0) is 18.2 Å². The number of carbonyl (C=O) groups is 1. The van der Waals surface area contributed by atoms with E-state index in [9.17, 15) is 14.9 Å². The Morgan fingerprint density at radius 2 is 2.25 bits per heavy atom. The molecule has 1 N–H and O–H groups in total. The molecular weight excluding hydrogens is 280 g/mol. The fourth-order valence-corrected chi connectivity index (χ4v) is 2.73. The topological polar surface area (TPSA) is 93.3 Å². The summed E-state index contributed by atoms with van der Waals surface area (Å²) in [7, 11) is 0. The largest absolute Gasteiger partial charge is 0.481 e. The Kier molecular flexibility index (Phi) is 4.19. The Morgan fingerprint density at radius 3 is 2.90 bits per heavy atom. The van der Waals surface area contributed by atoms with Crippen LogP contribution >= 0.6 is 11.8 Å². The van der Waals surface area contributed by atoms with Crippen molar-refractivity contribution in [2.75, 3.05) is 5.75 Å². The molecule has 0 spiro atoms. The van der Waals surface area contributed by atoms with Gasteiger partial charge < -0.3 is 5.11 Å². The maximum absolute atomic E-state index is 11.0. The monoisotopic (exact) mass is 292 g/mol. The first-order valence-electron chi connectivity index (χ1n) is 5.88. The average molecular weight is 292 g/mol. The number of hydrogen-bond donors (Lipinski definition) is 1. The highest BCUT2D eigenvalue weighted by Crippen LogP contribution is 2.33. The maximum Gasteiger partial charge on any atom is 0.307 e. The van der Waals surface area contributed by atoms with Crippen LogP contribution < -0.4 is 0 Å². The summed E-state index contributed by atoms with van der Waals surface area (Å²) < 4.78 is 0. The van der Waals surface area contributed by atoms with Crippen molar-refractivity contribution < 1.29 is 14.8 Å². The van der Waals surface area contributed by atoms with Crippen LogP contribution in [0.1, 0.15) is 6.92 Å². The molecule has 1 aromatic heterocycles. The molecule has 7 heteroatoms. The summed E-state index contributed by atoms with van der Waals surface area (Å²) in [5, 5.41) is 20.3. The van der Waals surface area contributed by atoms with E-state index in [1.165, 1.54) is 17.8 Å². The van der Waals surface area contributed by atoms with Gasteiger partial charge in [-0.1, -0.05) is 6.92 Å². The zero-order valence-electron chi connectivity index (χ0n) is 10.6. The number of hydrogen-bond acceptors (Lipinski definition) is 5. The molecule has 1 atom stereocenters. The first-order chi connectivity index (χ1) is 9.50. The molecule has 20 heavy (non-hydrogen) atoms. The van der Waals surface area contributed by atoms with Crippen molar-refractivity contribution in [3.63, 3.8) is 0 Å². The third kappa shape index (κ3) is 2.88. The van der Waals surface area contributed by atoms with Crippen LogP contribution in [-0.2, 0) is 4.79 Å². The average Bonchev–Trinajstić information content (AvgIpc) is 2.43. The van der Waals surface area contributed by atoms with Crippen molar-refractivity contribution in [3.8, 4) is 0 Å². The van der Waals surface area contributed by atoms with E-state index in [0.29, 0.717) is 16.7 Å². The molecule has 0 aliphatic heterocycles. The molecule has 0 saturated carbocycles. The lowest BCUT2D eigenvalue weighted by atomic mass is 10.2. The van der Waals surface area contributed by atoms with Crippen molar-refractivity contribution in [1.29, 1.82) is 0 Å². The molecule has 0 saturated heterocycles. The fraction of sp³-hybridized carbons (Fsp3) is 0.231. The van der Waals surface area contributed by atoms with Crippen LogP contribution in [0.4, 0.5) is 5.69 Å². The minimum Gasteiger partial charge on any atom is -0.481 e. The third-order valence-electron chi connectivity index (χ3n) is 2.82. The Morgan fingerprint density at radius 1 is 1.50 bits per heavy atom. The van der Waals surface area contributed by atoms with E-state index in [-0.39, 0.29) is 5.69 Å². The summed E-state index contributed by atoms with van der Waals surface area (Å²) in [4.78, 5) is 26.3. The van der Waals surface area contributed by atoms with Gasteiger partial charge in [-0.3, -0.25) is 19.9 Å². The second kappa shape index (κ2) is 5.87. The van der Waals surface area contributed by atoms with Gasteiger partial charge in [0.15, 0.2) is 0 Å². The lowest BCUT2D eigenvalue weighted by Crippen LogP contribution is -2.11. The molecule has 2 aromatic rings. The van der Waals surface area contributed by atoms with Gasteiger partial charge in [0.05, 0.1) is 21.7 Å². The van der Waals surface area contributed by atoms with E-state index in [0.717, 1.165) is 4.90 Å². The van der Waals surface area contributed by atoms with Crippen molar-refractivity contribution in [1.82, 2.24) is 4.98 Å². The Bertz CT molecular complexity index is 674.